The van der Waals surface area contributed by atoms with Crippen LogP contribution in [0.1, 0.15) is 76.3 Å². The standard InChI is InChI=1S/C24H36N4O2S/c1-4-5-16-6-8-17(9-7-16)18-10-12-19(13-11-18)27-23-20(22(30)28-31-23)21(25)26-14-24(2,3)15-29/h10-13,16-17,27,29H,4-9,14-15H2,1-3H3,(H2,25,26)(H,28,30). The second kappa shape index (κ2) is 10.5. The van der Waals surface area contributed by atoms with Crippen molar-refractivity contribution in [1.29, 1.82) is 5.41 Å². The van der Waals surface area contributed by atoms with Crippen LogP contribution in [0.4, 0.5) is 10.7 Å². The van der Waals surface area contributed by atoms with Crippen LogP contribution in [0.5, 0.6) is 5.88 Å². The molecule has 0 bridgehead atoms. The molecule has 5 N–H and O–H groups in total. The van der Waals surface area contributed by atoms with E-state index < -0.39 is 0 Å². The van der Waals surface area contributed by atoms with Gasteiger partial charge in [-0.05, 0) is 66.7 Å². The molecule has 1 aromatic heterocycles. The van der Waals surface area contributed by atoms with Gasteiger partial charge >= 0.3 is 0 Å². The van der Waals surface area contributed by atoms with Crippen molar-refractivity contribution in [1.82, 2.24) is 9.69 Å². The number of rotatable bonds is 9. The molecule has 3 rings (SSSR count). The molecule has 0 radical (unpaired) electrons. The van der Waals surface area contributed by atoms with Crippen molar-refractivity contribution in [3.8, 4) is 5.88 Å². The molecule has 6 nitrogen and oxygen atoms in total. The predicted octanol–water partition coefficient (Wildman–Crippen LogP) is 5.60. The minimum absolute atomic E-state index is 0.0128. The first-order chi connectivity index (χ1) is 14.8. The second-order valence-corrected chi connectivity index (χ2v) is 10.3. The fourth-order valence-electron chi connectivity index (χ4n) is 4.23. The number of hydrogen-bond donors (Lipinski definition) is 5. The summed E-state index contributed by atoms with van der Waals surface area (Å²) >= 11 is 1.13. The minimum atomic E-state index is -0.357. The highest BCUT2D eigenvalue weighted by molar-refractivity contribution is 7.11. The molecule has 0 unspecified atom stereocenters. The van der Waals surface area contributed by atoms with Crippen LogP contribution in [0.3, 0.4) is 0 Å². The van der Waals surface area contributed by atoms with Crippen molar-refractivity contribution in [3.63, 3.8) is 0 Å². The van der Waals surface area contributed by atoms with Gasteiger partial charge < -0.3 is 20.8 Å². The van der Waals surface area contributed by atoms with Crippen LogP contribution in [-0.2, 0) is 0 Å². The van der Waals surface area contributed by atoms with Crippen LogP contribution in [0.25, 0.3) is 0 Å². The summed E-state index contributed by atoms with van der Waals surface area (Å²) in [6.07, 6.45) is 7.88. The highest BCUT2D eigenvalue weighted by Crippen LogP contribution is 2.38. The van der Waals surface area contributed by atoms with E-state index in [4.69, 9.17) is 5.41 Å². The van der Waals surface area contributed by atoms with Crippen molar-refractivity contribution in [2.24, 2.45) is 11.3 Å². The van der Waals surface area contributed by atoms with Gasteiger partial charge in [0.1, 0.15) is 16.4 Å². The Morgan fingerprint density at radius 3 is 2.48 bits per heavy atom. The van der Waals surface area contributed by atoms with Gasteiger partial charge in [0.05, 0.1) is 0 Å². The zero-order valence-corrected chi connectivity index (χ0v) is 19.7. The first-order valence-corrected chi connectivity index (χ1v) is 12.1. The van der Waals surface area contributed by atoms with E-state index in [1.54, 1.807) is 0 Å². The average Bonchev–Trinajstić information content (AvgIpc) is 3.13. The van der Waals surface area contributed by atoms with Gasteiger partial charge in [-0.25, -0.2) is 0 Å². The topological polar surface area (TPSA) is 101 Å². The Kier molecular flexibility index (Phi) is 7.94. The van der Waals surface area contributed by atoms with Crippen LogP contribution in [0, 0.1) is 16.7 Å². The highest BCUT2D eigenvalue weighted by atomic mass is 32.1. The second-order valence-electron chi connectivity index (χ2n) is 9.51. The van der Waals surface area contributed by atoms with E-state index in [0.717, 1.165) is 23.1 Å². The molecular formula is C24H36N4O2S. The molecule has 0 atom stereocenters. The summed E-state index contributed by atoms with van der Waals surface area (Å²) in [6.45, 7) is 6.54. The lowest BCUT2D eigenvalue weighted by atomic mass is 9.77. The van der Waals surface area contributed by atoms with Gasteiger partial charge in [-0.15, -0.1) is 0 Å². The lowest BCUT2D eigenvalue weighted by Gasteiger charge is -2.28. The van der Waals surface area contributed by atoms with Crippen molar-refractivity contribution >= 4 is 28.1 Å². The normalized spacial score (nSPS) is 19.2. The van der Waals surface area contributed by atoms with E-state index in [0.29, 0.717) is 23.0 Å². The molecule has 1 aliphatic rings. The lowest BCUT2D eigenvalue weighted by Crippen LogP contribution is -2.36. The zero-order valence-electron chi connectivity index (χ0n) is 18.9. The summed E-state index contributed by atoms with van der Waals surface area (Å²) in [5.74, 6) is 1.49. The quantitative estimate of drug-likeness (QED) is 0.256. The van der Waals surface area contributed by atoms with Gasteiger partial charge in [0.15, 0.2) is 0 Å². The third-order valence-corrected chi connectivity index (χ3v) is 7.03. The molecule has 1 aliphatic carbocycles. The fraction of sp³-hybridized carbons (Fsp3) is 0.583. The summed E-state index contributed by atoms with van der Waals surface area (Å²) in [6, 6.07) is 8.53. The molecule has 7 heteroatoms. The number of aliphatic hydroxyl groups excluding tert-OH is 1. The van der Waals surface area contributed by atoms with E-state index in [2.05, 4.69) is 46.2 Å². The fourth-order valence-corrected chi connectivity index (χ4v) is 4.94. The predicted molar refractivity (Wildman–Crippen MR) is 129 cm³/mol. The van der Waals surface area contributed by atoms with Crippen LogP contribution < -0.4 is 10.6 Å². The Bertz CT molecular complexity index is 855. The van der Waals surface area contributed by atoms with Gasteiger partial charge in [0, 0.05) is 24.3 Å². The molecular weight excluding hydrogens is 408 g/mol. The third-order valence-electron chi connectivity index (χ3n) is 6.28. The first kappa shape index (κ1) is 23.5. The van der Waals surface area contributed by atoms with Gasteiger partial charge in [0.2, 0.25) is 5.88 Å². The number of anilines is 2. The third kappa shape index (κ3) is 6.20. The van der Waals surface area contributed by atoms with E-state index in [-0.39, 0.29) is 23.7 Å². The molecule has 170 valence electrons. The lowest BCUT2D eigenvalue weighted by molar-refractivity contribution is 0.162. The zero-order chi connectivity index (χ0) is 22.4. The number of benzene rings is 1. The monoisotopic (exact) mass is 444 g/mol. The van der Waals surface area contributed by atoms with Gasteiger partial charge in [-0.1, -0.05) is 45.7 Å². The first-order valence-electron chi connectivity index (χ1n) is 11.3. The van der Waals surface area contributed by atoms with Gasteiger partial charge in [-0.2, -0.15) is 4.37 Å². The van der Waals surface area contributed by atoms with E-state index >= 15 is 0 Å². The molecule has 0 saturated heterocycles. The van der Waals surface area contributed by atoms with Crippen molar-refractivity contribution in [3.05, 3.63) is 35.4 Å². The van der Waals surface area contributed by atoms with Crippen LogP contribution in [0.15, 0.2) is 24.3 Å². The summed E-state index contributed by atoms with van der Waals surface area (Å²) in [5, 5.41) is 34.9. The number of nitrogens with zero attached hydrogens (tertiary/aromatic N) is 1. The number of amidine groups is 1. The molecule has 0 spiro atoms. The Balaban J connectivity index is 1.62. The molecule has 0 aliphatic heterocycles. The highest BCUT2D eigenvalue weighted by Gasteiger charge is 2.23. The maximum absolute atomic E-state index is 10.2. The molecule has 1 fully saturated rings. The number of aromatic hydroxyl groups is 1. The molecule has 2 aromatic rings. The molecule has 1 heterocycles. The molecule has 0 amide bonds. The summed E-state index contributed by atoms with van der Waals surface area (Å²) in [4.78, 5) is 0. The number of hydrogen-bond acceptors (Lipinski definition) is 6. The number of aliphatic hydroxyl groups is 1. The Hall–Kier alpha value is -2.12. The number of aromatic nitrogens is 1. The van der Waals surface area contributed by atoms with Crippen LogP contribution in [-0.4, -0.2) is 33.6 Å². The van der Waals surface area contributed by atoms with E-state index in [1.165, 1.54) is 44.1 Å². The number of nitrogens with one attached hydrogen (secondary N) is 3. The largest absolute Gasteiger partial charge is 0.492 e. The molecule has 31 heavy (non-hydrogen) atoms. The van der Waals surface area contributed by atoms with Crippen molar-refractivity contribution in [2.75, 3.05) is 18.5 Å². The van der Waals surface area contributed by atoms with Gasteiger partial charge in [0.25, 0.3) is 0 Å². The minimum Gasteiger partial charge on any atom is -0.492 e. The van der Waals surface area contributed by atoms with E-state index in [9.17, 15) is 10.2 Å². The summed E-state index contributed by atoms with van der Waals surface area (Å²) < 4.78 is 4.02. The van der Waals surface area contributed by atoms with Crippen molar-refractivity contribution < 1.29 is 10.2 Å². The van der Waals surface area contributed by atoms with Crippen molar-refractivity contribution in [2.45, 2.75) is 65.2 Å². The van der Waals surface area contributed by atoms with E-state index in [1.807, 2.05) is 13.8 Å². The van der Waals surface area contributed by atoms with Gasteiger partial charge in [-0.3, -0.25) is 5.41 Å². The SMILES string of the molecule is CCCC1CCC(c2ccc(Nc3snc(O)c3C(=N)NCC(C)(C)CO)cc2)CC1. The summed E-state index contributed by atoms with van der Waals surface area (Å²) in [7, 11) is 0. The maximum atomic E-state index is 10.2. The Morgan fingerprint density at radius 1 is 1.19 bits per heavy atom. The smallest absolute Gasteiger partial charge is 0.236 e. The Labute approximate surface area is 189 Å². The van der Waals surface area contributed by atoms with Crippen LogP contribution >= 0.6 is 11.5 Å². The summed E-state index contributed by atoms with van der Waals surface area (Å²) in [5.41, 5.74) is 2.31. The molecule has 1 aromatic carbocycles. The molecule has 1 saturated carbocycles. The maximum Gasteiger partial charge on any atom is 0.236 e. The Morgan fingerprint density at radius 2 is 1.87 bits per heavy atom. The average molecular weight is 445 g/mol. The van der Waals surface area contributed by atoms with Crippen LogP contribution in [0.2, 0.25) is 0 Å².